The van der Waals surface area contributed by atoms with Gasteiger partial charge >= 0.3 is 0 Å². The van der Waals surface area contributed by atoms with Crippen molar-refractivity contribution >= 4 is 22.9 Å². The van der Waals surface area contributed by atoms with Crippen molar-refractivity contribution in [3.05, 3.63) is 45.9 Å². The van der Waals surface area contributed by atoms with Crippen LogP contribution >= 0.6 is 11.3 Å². The van der Waals surface area contributed by atoms with Gasteiger partial charge in [-0.3, -0.25) is 4.79 Å². The van der Waals surface area contributed by atoms with E-state index in [1.165, 1.54) is 5.56 Å². The summed E-state index contributed by atoms with van der Waals surface area (Å²) in [4.78, 5) is 16.9. The maximum atomic E-state index is 12.4. The molecular formula is C16H19N3OS. The fraction of sp³-hybridized carbons (Fsp3) is 0.375. The predicted molar refractivity (Wildman–Crippen MR) is 85.5 cm³/mol. The van der Waals surface area contributed by atoms with Crippen LogP contribution in [0.3, 0.4) is 0 Å². The lowest BCUT2D eigenvalue weighted by Crippen LogP contribution is -2.39. The van der Waals surface area contributed by atoms with Crippen molar-refractivity contribution in [1.29, 1.82) is 0 Å². The Morgan fingerprint density at radius 3 is 3.05 bits per heavy atom. The van der Waals surface area contributed by atoms with Crippen molar-refractivity contribution in [2.75, 3.05) is 11.9 Å². The first kappa shape index (κ1) is 14.1. The van der Waals surface area contributed by atoms with Crippen LogP contribution in [-0.4, -0.2) is 17.4 Å². The average Bonchev–Trinajstić information content (AvgIpc) is 2.93. The van der Waals surface area contributed by atoms with Gasteiger partial charge in [0.15, 0.2) is 0 Å². The van der Waals surface area contributed by atoms with Gasteiger partial charge < -0.3 is 10.6 Å². The molecule has 1 amide bonds. The highest BCUT2D eigenvalue weighted by Crippen LogP contribution is 2.25. The number of hydrogen-bond acceptors (Lipinski definition) is 4. The number of anilines is 1. The van der Waals surface area contributed by atoms with Gasteiger partial charge in [0.1, 0.15) is 5.01 Å². The second-order valence-corrected chi connectivity index (χ2v) is 6.39. The molecule has 0 fully saturated rings. The number of nitrogens with one attached hydrogen (secondary N) is 2. The Kier molecular flexibility index (Phi) is 3.92. The normalized spacial score (nSPS) is 18.5. The van der Waals surface area contributed by atoms with Crippen LogP contribution in [0.2, 0.25) is 0 Å². The average molecular weight is 301 g/mol. The van der Waals surface area contributed by atoms with E-state index in [1.807, 2.05) is 31.4 Å². The number of carbonyl (C=O) groups excluding carboxylic acids is 1. The largest absolute Gasteiger partial charge is 0.384 e. The van der Waals surface area contributed by atoms with Crippen LogP contribution < -0.4 is 10.6 Å². The minimum Gasteiger partial charge on any atom is -0.384 e. The summed E-state index contributed by atoms with van der Waals surface area (Å²) < 4.78 is 0. The van der Waals surface area contributed by atoms with Gasteiger partial charge in [0.25, 0.3) is 0 Å². The summed E-state index contributed by atoms with van der Waals surface area (Å²) in [6, 6.07) is 8.13. The smallest absolute Gasteiger partial charge is 0.225 e. The maximum Gasteiger partial charge on any atom is 0.225 e. The van der Waals surface area contributed by atoms with Crippen LogP contribution in [0.1, 0.15) is 29.2 Å². The van der Waals surface area contributed by atoms with Crippen LogP contribution in [0, 0.1) is 12.8 Å². The number of fused-ring (bicyclic) bond motifs is 1. The Morgan fingerprint density at radius 1 is 1.48 bits per heavy atom. The SMILES string of the molecule is Cc1csc(C(C)NC(=O)C2CNc3ccccc3C2)n1. The van der Waals surface area contributed by atoms with E-state index in [0.717, 1.165) is 22.8 Å². The summed E-state index contributed by atoms with van der Waals surface area (Å²) in [5, 5.41) is 9.39. The third-order valence-corrected chi connectivity index (χ3v) is 4.90. The van der Waals surface area contributed by atoms with E-state index in [4.69, 9.17) is 0 Å². The lowest BCUT2D eigenvalue weighted by molar-refractivity contribution is -0.125. The van der Waals surface area contributed by atoms with Crippen LogP contribution in [0.25, 0.3) is 0 Å². The molecule has 1 aromatic heterocycles. The molecule has 0 aliphatic carbocycles. The minimum absolute atomic E-state index is 0.0246. The summed E-state index contributed by atoms with van der Waals surface area (Å²) in [5.41, 5.74) is 3.36. The van der Waals surface area contributed by atoms with Crippen LogP contribution in [0.4, 0.5) is 5.69 Å². The quantitative estimate of drug-likeness (QED) is 0.916. The minimum atomic E-state index is -0.0339. The molecule has 2 atom stereocenters. The first-order valence-corrected chi connectivity index (χ1v) is 8.05. The molecule has 2 aromatic rings. The third kappa shape index (κ3) is 3.08. The van der Waals surface area contributed by atoms with Gasteiger partial charge in [0.2, 0.25) is 5.91 Å². The Bertz CT molecular complexity index is 652. The van der Waals surface area contributed by atoms with Crippen molar-refractivity contribution in [2.45, 2.75) is 26.3 Å². The molecule has 21 heavy (non-hydrogen) atoms. The lowest BCUT2D eigenvalue weighted by Gasteiger charge is -2.26. The topological polar surface area (TPSA) is 54.0 Å². The zero-order chi connectivity index (χ0) is 14.8. The van der Waals surface area contributed by atoms with Gasteiger partial charge in [-0.05, 0) is 31.9 Å². The van der Waals surface area contributed by atoms with E-state index in [9.17, 15) is 4.79 Å². The number of hydrogen-bond donors (Lipinski definition) is 2. The third-order valence-electron chi connectivity index (χ3n) is 3.76. The molecule has 5 heteroatoms. The van der Waals surface area contributed by atoms with Crippen LogP contribution in [0.15, 0.2) is 29.6 Å². The molecule has 2 N–H and O–H groups in total. The van der Waals surface area contributed by atoms with E-state index in [-0.39, 0.29) is 17.9 Å². The van der Waals surface area contributed by atoms with Gasteiger partial charge in [-0.15, -0.1) is 11.3 Å². The molecule has 0 bridgehead atoms. The van der Waals surface area contributed by atoms with Crippen molar-refractivity contribution in [1.82, 2.24) is 10.3 Å². The van der Waals surface area contributed by atoms with Gasteiger partial charge in [0.05, 0.1) is 12.0 Å². The fourth-order valence-electron chi connectivity index (χ4n) is 2.59. The number of para-hydroxylation sites is 1. The lowest BCUT2D eigenvalue weighted by atomic mass is 9.93. The highest BCUT2D eigenvalue weighted by Gasteiger charge is 2.25. The fourth-order valence-corrected chi connectivity index (χ4v) is 3.39. The van der Waals surface area contributed by atoms with Gasteiger partial charge in [0, 0.05) is 23.3 Å². The number of benzene rings is 1. The standard InChI is InChI=1S/C16H19N3OS/c1-10-9-21-16(18-10)11(2)19-15(20)13-7-12-5-3-4-6-14(12)17-8-13/h3-6,9,11,13,17H,7-8H2,1-2H3,(H,19,20). The zero-order valence-electron chi connectivity index (χ0n) is 12.2. The van der Waals surface area contributed by atoms with E-state index in [1.54, 1.807) is 11.3 Å². The van der Waals surface area contributed by atoms with Crippen molar-refractivity contribution in [2.24, 2.45) is 5.92 Å². The summed E-state index contributed by atoms with van der Waals surface area (Å²) in [5.74, 6) is 0.0702. The molecule has 1 aliphatic heterocycles. The monoisotopic (exact) mass is 301 g/mol. The molecule has 2 heterocycles. The Labute approximate surface area is 128 Å². The molecule has 110 valence electrons. The van der Waals surface area contributed by atoms with E-state index < -0.39 is 0 Å². The Hall–Kier alpha value is -1.88. The van der Waals surface area contributed by atoms with Crippen LogP contribution in [-0.2, 0) is 11.2 Å². The number of aromatic nitrogens is 1. The molecular weight excluding hydrogens is 282 g/mol. The number of thiazole rings is 1. The molecule has 0 saturated heterocycles. The molecule has 1 aliphatic rings. The van der Waals surface area contributed by atoms with Gasteiger partial charge in [-0.1, -0.05) is 18.2 Å². The number of rotatable bonds is 3. The zero-order valence-corrected chi connectivity index (χ0v) is 13.0. The predicted octanol–water partition coefficient (Wildman–Crippen LogP) is 2.91. The molecule has 0 saturated carbocycles. The van der Waals surface area contributed by atoms with Crippen molar-refractivity contribution in [3.63, 3.8) is 0 Å². The number of aryl methyl sites for hydroxylation is 1. The van der Waals surface area contributed by atoms with Crippen LogP contribution in [0.5, 0.6) is 0 Å². The summed E-state index contributed by atoms with van der Waals surface area (Å²) >= 11 is 1.59. The molecule has 0 radical (unpaired) electrons. The van der Waals surface area contributed by atoms with Crippen molar-refractivity contribution in [3.8, 4) is 0 Å². The second kappa shape index (κ2) is 5.85. The highest BCUT2D eigenvalue weighted by atomic mass is 32.1. The number of nitrogens with zero attached hydrogens (tertiary/aromatic N) is 1. The summed E-state index contributed by atoms with van der Waals surface area (Å²) in [6.07, 6.45) is 0.790. The molecule has 1 aromatic carbocycles. The molecule has 2 unspecified atom stereocenters. The van der Waals surface area contributed by atoms with Crippen molar-refractivity contribution < 1.29 is 4.79 Å². The van der Waals surface area contributed by atoms with E-state index in [2.05, 4.69) is 27.8 Å². The van der Waals surface area contributed by atoms with E-state index in [0.29, 0.717) is 6.54 Å². The number of carbonyl (C=O) groups is 1. The first-order chi connectivity index (χ1) is 10.1. The second-order valence-electron chi connectivity index (χ2n) is 5.50. The first-order valence-electron chi connectivity index (χ1n) is 7.17. The Morgan fingerprint density at radius 2 is 2.29 bits per heavy atom. The number of amides is 1. The summed E-state index contributed by atoms with van der Waals surface area (Å²) in [7, 11) is 0. The van der Waals surface area contributed by atoms with E-state index >= 15 is 0 Å². The highest BCUT2D eigenvalue weighted by molar-refractivity contribution is 7.09. The van der Waals surface area contributed by atoms with Gasteiger partial charge in [-0.25, -0.2) is 4.98 Å². The molecule has 0 spiro atoms. The van der Waals surface area contributed by atoms with Gasteiger partial charge in [-0.2, -0.15) is 0 Å². The summed E-state index contributed by atoms with van der Waals surface area (Å²) in [6.45, 7) is 4.64. The molecule has 4 nitrogen and oxygen atoms in total. The maximum absolute atomic E-state index is 12.4. The molecule has 3 rings (SSSR count). The Balaban J connectivity index is 1.64.